The summed E-state index contributed by atoms with van der Waals surface area (Å²) in [4.78, 5) is 14.4. The SMILES string of the molecule is COc1ccc(OCc2cc(C(=O)N3CCC[C@@H](OC)C3)no2)c2ccccc12. The molecule has 3 aromatic rings. The van der Waals surface area contributed by atoms with Crippen molar-refractivity contribution in [2.75, 3.05) is 27.3 Å². The van der Waals surface area contributed by atoms with Gasteiger partial charge in [-0.15, -0.1) is 0 Å². The quantitative estimate of drug-likeness (QED) is 0.633. The van der Waals surface area contributed by atoms with Gasteiger partial charge in [0.05, 0.1) is 13.2 Å². The van der Waals surface area contributed by atoms with Crippen molar-refractivity contribution in [1.82, 2.24) is 10.1 Å². The number of benzene rings is 2. The minimum atomic E-state index is -0.142. The van der Waals surface area contributed by atoms with E-state index < -0.39 is 0 Å². The first kappa shape index (κ1) is 19.3. The van der Waals surface area contributed by atoms with Gasteiger partial charge in [0, 0.05) is 37.0 Å². The Balaban J connectivity index is 1.45. The number of carbonyl (C=O) groups is 1. The highest BCUT2D eigenvalue weighted by Crippen LogP contribution is 2.33. The van der Waals surface area contributed by atoms with Crippen LogP contribution in [0.25, 0.3) is 10.8 Å². The molecule has 29 heavy (non-hydrogen) atoms. The summed E-state index contributed by atoms with van der Waals surface area (Å²) in [6.45, 7) is 1.46. The molecule has 7 heteroatoms. The van der Waals surface area contributed by atoms with Gasteiger partial charge in [-0.05, 0) is 25.0 Å². The molecule has 2 aromatic carbocycles. The van der Waals surface area contributed by atoms with Crippen molar-refractivity contribution in [2.45, 2.75) is 25.6 Å². The Labute approximate surface area is 169 Å². The Morgan fingerprint density at radius 2 is 1.93 bits per heavy atom. The van der Waals surface area contributed by atoms with Crippen molar-refractivity contribution in [1.29, 1.82) is 0 Å². The normalized spacial score (nSPS) is 16.8. The van der Waals surface area contributed by atoms with Crippen molar-refractivity contribution in [2.24, 2.45) is 0 Å². The van der Waals surface area contributed by atoms with Crippen LogP contribution in [0, 0.1) is 0 Å². The molecular weight excluding hydrogens is 372 g/mol. The van der Waals surface area contributed by atoms with Crippen LogP contribution in [-0.4, -0.2) is 49.4 Å². The van der Waals surface area contributed by atoms with Gasteiger partial charge in [0.25, 0.3) is 5.91 Å². The number of aromatic nitrogens is 1. The fourth-order valence-corrected chi connectivity index (χ4v) is 3.66. The predicted molar refractivity (Wildman–Crippen MR) is 107 cm³/mol. The van der Waals surface area contributed by atoms with E-state index in [-0.39, 0.29) is 18.6 Å². The number of rotatable bonds is 6. The first-order chi connectivity index (χ1) is 14.2. The van der Waals surface area contributed by atoms with Gasteiger partial charge in [-0.2, -0.15) is 0 Å². The molecule has 1 atom stereocenters. The van der Waals surface area contributed by atoms with Crippen LogP contribution in [0.2, 0.25) is 0 Å². The molecule has 1 fully saturated rings. The summed E-state index contributed by atoms with van der Waals surface area (Å²) in [6, 6.07) is 13.2. The van der Waals surface area contributed by atoms with Crippen molar-refractivity contribution >= 4 is 16.7 Å². The summed E-state index contributed by atoms with van der Waals surface area (Å²) in [5.41, 5.74) is 0.292. The third-order valence-corrected chi connectivity index (χ3v) is 5.21. The second-order valence-corrected chi connectivity index (χ2v) is 7.03. The second-order valence-electron chi connectivity index (χ2n) is 7.03. The average Bonchev–Trinajstić information content (AvgIpc) is 3.26. The number of amides is 1. The lowest BCUT2D eigenvalue weighted by Crippen LogP contribution is -2.43. The molecular formula is C22H24N2O5. The zero-order valence-electron chi connectivity index (χ0n) is 16.6. The molecule has 152 valence electrons. The Morgan fingerprint density at radius 3 is 2.69 bits per heavy atom. The lowest BCUT2D eigenvalue weighted by Gasteiger charge is -2.31. The van der Waals surface area contributed by atoms with E-state index in [1.54, 1.807) is 25.2 Å². The molecule has 0 bridgehead atoms. The number of nitrogens with zero attached hydrogens (tertiary/aromatic N) is 2. The number of likely N-dealkylation sites (tertiary alicyclic amines) is 1. The highest BCUT2D eigenvalue weighted by Gasteiger charge is 2.26. The van der Waals surface area contributed by atoms with E-state index >= 15 is 0 Å². The van der Waals surface area contributed by atoms with E-state index in [0.29, 0.717) is 30.3 Å². The lowest BCUT2D eigenvalue weighted by atomic mass is 10.1. The second kappa shape index (κ2) is 8.53. The number of fused-ring (bicyclic) bond motifs is 1. The maximum absolute atomic E-state index is 12.7. The number of carbonyl (C=O) groups excluding carboxylic acids is 1. The van der Waals surface area contributed by atoms with Gasteiger partial charge in [0.2, 0.25) is 0 Å². The molecule has 4 rings (SSSR count). The van der Waals surface area contributed by atoms with Crippen molar-refractivity contribution in [3.8, 4) is 11.5 Å². The van der Waals surface area contributed by atoms with Gasteiger partial charge in [-0.3, -0.25) is 4.79 Å². The Hall–Kier alpha value is -3.06. The number of ether oxygens (including phenoxy) is 3. The number of hydrogen-bond acceptors (Lipinski definition) is 6. The minimum absolute atomic E-state index is 0.0748. The molecule has 1 aromatic heterocycles. The summed E-state index contributed by atoms with van der Waals surface area (Å²) >= 11 is 0. The van der Waals surface area contributed by atoms with Crippen molar-refractivity contribution < 1.29 is 23.5 Å². The van der Waals surface area contributed by atoms with Crippen LogP contribution < -0.4 is 9.47 Å². The van der Waals surface area contributed by atoms with Gasteiger partial charge in [0.15, 0.2) is 11.5 Å². The maximum Gasteiger partial charge on any atom is 0.276 e. The highest BCUT2D eigenvalue weighted by molar-refractivity contribution is 5.93. The number of hydrogen-bond donors (Lipinski definition) is 0. The molecule has 1 amide bonds. The highest BCUT2D eigenvalue weighted by atomic mass is 16.5. The van der Waals surface area contributed by atoms with Crippen LogP contribution >= 0.6 is 0 Å². The standard InChI is InChI=1S/C22H24N2O5/c1-26-15-6-5-11-24(13-15)22(25)19-12-16(29-23-19)14-28-21-10-9-20(27-2)17-7-3-4-8-18(17)21/h3-4,7-10,12,15H,5-6,11,13-14H2,1-2H3/t15-/m1/s1. The van der Waals surface area contributed by atoms with Gasteiger partial charge in [-0.1, -0.05) is 29.4 Å². The molecule has 0 radical (unpaired) electrons. The minimum Gasteiger partial charge on any atom is -0.496 e. The summed E-state index contributed by atoms with van der Waals surface area (Å²) in [6.07, 6.45) is 1.96. The maximum atomic E-state index is 12.7. The first-order valence-electron chi connectivity index (χ1n) is 9.66. The summed E-state index contributed by atoms with van der Waals surface area (Å²) < 4.78 is 22.1. The molecule has 0 N–H and O–H groups in total. The molecule has 1 saturated heterocycles. The van der Waals surface area contributed by atoms with Crippen LogP contribution in [0.3, 0.4) is 0 Å². The van der Waals surface area contributed by atoms with Crippen LogP contribution in [0.5, 0.6) is 11.5 Å². The fraction of sp³-hybridized carbons (Fsp3) is 0.364. The van der Waals surface area contributed by atoms with Gasteiger partial charge < -0.3 is 23.6 Å². The number of piperidine rings is 1. The molecule has 1 aliphatic rings. The van der Waals surface area contributed by atoms with Gasteiger partial charge in [0.1, 0.15) is 18.1 Å². The van der Waals surface area contributed by atoms with Crippen LogP contribution in [0.4, 0.5) is 0 Å². The Morgan fingerprint density at radius 1 is 1.17 bits per heavy atom. The lowest BCUT2D eigenvalue weighted by molar-refractivity contribution is 0.0263. The van der Waals surface area contributed by atoms with Crippen LogP contribution in [0.15, 0.2) is 47.0 Å². The molecule has 2 heterocycles. The first-order valence-corrected chi connectivity index (χ1v) is 9.66. The van der Waals surface area contributed by atoms with E-state index in [2.05, 4.69) is 5.16 Å². The Bertz CT molecular complexity index is 1000. The van der Waals surface area contributed by atoms with E-state index in [0.717, 1.165) is 29.4 Å². The molecule has 0 saturated carbocycles. The van der Waals surface area contributed by atoms with E-state index in [1.807, 2.05) is 36.4 Å². The van der Waals surface area contributed by atoms with E-state index in [9.17, 15) is 4.79 Å². The third kappa shape index (κ3) is 4.05. The third-order valence-electron chi connectivity index (χ3n) is 5.21. The summed E-state index contributed by atoms with van der Waals surface area (Å²) in [7, 11) is 3.32. The van der Waals surface area contributed by atoms with Gasteiger partial charge in [-0.25, -0.2) is 0 Å². The monoisotopic (exact) mass is 396 g/mol. The fourth-order valence-electron chi connectivity index (χ4n) is 3.66. The molecule has 0 spiro atoms. The number of methoxy groups -OCH3 is 2. The predicted octanol–water partition coefficient (Wildman–Crippen LogP) is 3.67. The summed E-state index contributed by atoms with van der Waals surface area (Å²) in [5.74, 6) is 1.85. The zero-order valence-corrected chi connectivity index (χ0v) is 16.6. The zero-order chi connectivity index (χ0) is 20.2. The largest absolute Gasteiger partial charge is 0.496 e. The van der Waals surface area contributed by atoms with Crippen molar-refractivity contribution in [3.63, 3.8) is 0 Å². The van der Waals surface area contributed by atoms with E-state index in [4.69, 9.17) is 18.7 Å². The van der Waals surface area contributed by atoms with Gasteiger partial charge >= 0.3 is 0 Å². The molecule has 0 unspecified atom stereocenters. The Kier molecular flexibility index (Phi) is 5.67. The summed E-state index contributed by atoms with van der Waals surface area (Å²) in [5, 5.41) is 5.85. The average molecular weight is 396 g/mol. The molecule has 7 nitrogen and oxygen atoms in total. The van der Waals surface area contributed by atoms with E-state index in [1.165, 1.54) is 0 Å². The molecule has 1 aliphatic heterocycles. The smallest absolute Gasteiger partial charge is 0.276 e. The van der Waals surface area contributed by atoms with Crippen molar-refractivity contribution in [3.05, 3.63) is 53.9 Å². The topological polar surface area (TPSA) is 74.0 Å². The molecule has 0 aliphatic carbocycles. The van der Waals surface area contributed by atoms with Crippen LogP contribution in [-0.2, 0) is 11.3 Å². The van der Waals surface area contributed by atoms with Crippen LogP contribution in [0.1, 0.15) is 29.1 Å².